The Labute approximate surface area is 152 Å². The van der Waals surface area contributed by atoms with Gasteiger partial charge in [0.1, 0.15) is 17.6 Å². The Morgan fingerprint density at radius 3 is 2.69 bits per heavy atom. The highest BCUT2D eigenvalue weighted by atomic mass is 19.1. The standard InChI is InChI=1S/C20H21FN2O3/c1-13-7-8-17(21)18(11-13)23-10-9-22(14(2)19(23)24)20(25)15-5-4-6-16(12-15)26-3/h4-8,11-12,14H,9-10H2,1-3H3/t14-/m0/s1. The number of rotatable bonds is 3. The molecule has 0 N–H and O–H groups in total. The van der Waals surface area contributed by atoms with Gasteiger partial charge < -0.3 is 14.5 Å². The average molecular weight is 356 g/mol. The monoisotopic (exact) mass is 356 g/mol. The molecule has 1 heterocycles. The Kier molecular flexibility index (Phi) is 4.93. The number of methoxy groups -OCH3 is 1. The van der Waals surface area contributed by atoms with E-state index in [1.54, 1.807) is 43.3 Å². The van der Waals surface area contributed by atoms with Crippen LogP contribution in [0.5, 0.6) is 5.75 Å². The molecule has 0 spiro atoms. The van der Waals surface area contributed by atoms with Gasteiger partial charge in [0, 0.05) is 18.7 Å². The summed E-state index contributed by atoms with van der Waals surface area (Å²) in [7, 11) is 1.53. The number of anilines is 1. The van der Waals surface area contributed by atoms with E-state index >= 15 is 0 Å². The van der Waals surface area contributed by atoms with Crippen LogP contribution in [0.3, 0.4) is 0 Å². The first-order valence-corrected chi connectivity index (χ1v) is 8.45. The van der Waals surface area contributed by atoms with Crippen LogP contribution in [0.2, 0.25) is 0 Å². The van der Waals surface area contributed by atoms with Crippen LogP contribution in [0.4, 0.5) is 10.1 Å². The zero-order chi connectivity index (χ0) is 18.8. The molecule has 26 heavy (non-hydrogen) atoms. The summed E-state index contributed by atoms with van der Waals surface area (Å²) in [5.74, 6) is -0.398. The highest BCUT2D eigenvalue weighted by molar-refractivity contribution is 6.03. The van der Waals surface area contributed by atoms with Crippen molar-refractivity contribution >= 4 is 17.5 Å². The molecule has 0 bridgehead atoms. The molecule has 1 aliphatic heterocycles. The third kappa shape index (κ3) is 3.27. The Balaban J connectivity index is 1.83. The number of hydrogen-bond acceptors (Lipinski definition) is 3. The van der Waals surface area contributed by atoms with Gasteiger partial charge in [-0.2, -0.15) is 0 Å². The van der Waals surface area contributed by atoms with E-state index in [1.807, 2.05) is 6.92 Å². The fourth-order valence-corrected chi connectivity index (χ4v) is 3.14. The van der Waals surface area contributed by atoms with Gasteiger partial charge in [0.15, 0.2) is 0 Å². The lowest BCUT2D eigenvalue weighted by Gasteiger charge is -2.39. The Morgan fingerprint density at radius 2 is 1.96 bits per heavy atom. The number of aryl methyl sites for hydroxylation is 1. The van der Waals surface area contributed by atoms with Gasteiger partial charge in [-0.25, -0.2) is 4.39 Å². The van der Waals surface area contributed by atoms with Crippen LogP contribution in [0.25, 0.3) is 0 Å². The maximum Gasteiger partial charge on any atom is 0.254 e. The first-order valence-electron chi connectivity index (χ1n) is 8.45. The molecule has 0 aliphatic carbocycles. The number of hydrogen-bond donors (Lipinski definition) is 0. The van der Waals surface area contributed by atoms with Crippen molar-refractivity contribution in [3.63, 3.8) is 0 Å². The molecule has 3 rings (SSSR count). The Bertz CT molecular complexity index is 853. The normalized spacial score (nSPS) is 17.4. The SMILES string of the molecule is COc1cccc(C(=O)N2CCN(c3cc(C)ccc3F)C(=O)[C@@H]2C)c1. The molecule has 5 nitrogen and oxygen atoms in total. The fraction of sp³-hybridized carbons (Fsp3) is 0.300. The molecule has 6 heteroatoms. The topological polar surface area (TPSA) is 49.9 Å². The summed E-state index contributed by atoms with van der Waals surface area (Å²) in [5.41, 5.74) is 1.59. The lowest BCUT2D eigenvalue weighted by Crippen LogP contribution is -2.58. The summed E-state index contributed by atoms with van der Waals surface area (Å²) in [6.07, 6.45) is 0. The van der Waals surface area contributed by atoms with Crippen LogP contribution in [0, 0.1) is 12.7 Å². The minimum absolute atomic E-state index is 0.242. The van der Waals surface area contributed by atoms with E-state index in [9.17, 15) is 14.0 Å². The summed E-state index contributed by atoms with van der Waals surface area (Å²) >= 11 is 0. The van der Waals surface area contributed by atoms with Crippen LogP contribution in [0.15, 0.2) is 42.5 Å². The van der Waals surface area contributed by atoms with Crippen molar-refractivity contribution in [2.45, 2.75) is 19.9 Å². The first-order chi connectivity index (χ1) is 12.4. The van der Waals surface area contributed by atoms with Crippen molar-refractivity contribution in [2.75, 3.05) is 25.1 Å². The van der Waals surface area contributed by atoms with Crippen molar-refractivity contribution in [1.82, 2.24) is 4.90 Å². The third-order valence-electron chi connectivity index (χ3n) is 4.63. The van der Waals surface area contributed by atoms with Gasteiger partial charge in [-0.3, -0.25) is 9.59 Å². The molecule has 0 saturated carbocycles. The van der Waals surface area contributed by atoms with Gasteiger partial charge >= 0.3 is 0 Å². The molecule has 2 aromatic rings. The van der Waals surface area contributed by atoms with Crippen molar-refractivity contribution in [3.05, 3.63) is 59.4 Å². The Hall–Kier alpha value is -2.89. The van der Waals surface area contributed by atoms with Crippen LogP contribution in [-0.2, 0) is 4.79 Å². The molecular weight excluding hydrogens is 335 g/mol. The van der Waals surface area contributed by atoms with Crippen molar-refractivity contribution in [3.8, 4) is 5.75 Å². The van der Waals surface area contributed by atoms with Gasteiger partial charge in [0.2, 0.25) is 5.91 Å². The van der Waals surface area contributed by atoms with E-state index in [4.69, 9.17) is 4.74 Å². The van der Waals surface area contributed by atoms with E-state index in [-0.39, 0.29) is 24.0 Å². The van der Waals surface area contributed by atoms with Crippen molar-refractivity contribution < 1.29 is 18.7 Å². The smallest absolute Gasteiger partial charge is 0.254 e. The summed E-state index contributed by atoms with van der Waals surface area (Å²) in [4.78, 5) is 28.5. The fourth-order valence-electron chi connectivity index (χ4n) is 3.14. The minimum atomic E-state index is -0.678. The van der Waals surface area contributed by atoms with Crippen LogP contribution >= 0.6 is 0 Å². The maximum atomic E-state index is 14.2. The molecule has 1 aliphatic rings. The second-order valence-electron chi connectivity index (χ2n) is 6.35. The van der Waals surface area contributed by atoms with Crippen molar-refractivity contribution in [2.24, 2.45) is 0 Å². The first kappa shape index (κ1) is 17.9. The van der Waals surface area contributed by atoms with E-state index < -0.39 is 11.9 Å². The molecule has 2 aromatic carbocycles. The van der Waals surface area contributed by atoms with Gasteiger partial charge in [-0.05, 0) is 49.7 Å². The predicted molar refractivity (Wildman–Crippen MR) is 97.0 cm³/mol. The number of amides is 2. The van der Waals surface area contributed by atoms with Gasteiger partial charge in [-0.15, -0.1) is 0 Å². The van der Waals surface area contributed by atoms with Crippen LogP contribution < -0.4 is 9.64 Å². The molecular formula is C20H21FN2O3. The number of halogens is 1. The van der Waals surface area contributed by atoms with Gasteiger partial charge in [0.25, 0.3) is 5.91 Å². The summed E-state index contributed by atoms with van der Waals surface area (Å²) in [6, 6.07) is 10.8. The van der Waals surface area contributed by atoms with Crippen LogP contribution in [-0.4, -0.2) is 43.0 Å². The molecule has 1 atom stereocenters. The van der Waals surface area contributed by atoms with Gasteiger partial charge in [-0.1, -0.05) is 12.1 Å². The molecule has 0 aromatic heterocycles. The molecule has 0 radical (unpaired) electrons. The lowest BCUT2D eigenvalue weighted by molar-refractivity contribution is -0.124. The van der Waals surface area contributed by atoms with E-state index in [0.717, 1.165) is 5.56 Å². The quantitative estimate of drug-likeness (QED) is 0.849. The van der Waals surface area contributed by atoms with E-state index in [0.29, 0.717) is 17.9 Å². The second kappa shape index (κ2) is 7.15. The predicted octanol–water partition coefficient (Wildman–Crippen LogP) is 3.02. The number of carbonyl (C=O) groups excluding carboxylic acids is 2. The average Bonchev–Trinajstić information content (AvgIpc) is 2.65. The number of benzene rings is 2. The second-order valence-corrected chi connectivity index (χ2v) is 6.35. The summed E-state index contributed by atoms with van der Waals surface area (Å²) in [5, 5.41) is 0. The molecule has 136 valence electrons. The minimum Gasteiger partial charge on any atom is -0.497 e. The van der Waals surface area contributed by atoms with E-state index in [2.05, 4.69) is 0 Å². The molecule has 1 saturated heterocycles. The molecule has 0 unspecified atom stereocenters. The summed E-state index contributed by atoms with van der Waals surface area (Å²) < 4.78 is 19.3. The third-order valence-corrected chi connectivity index (χ3v) is 4.63. The van der Waals surface area contributed by atoms with E-state index in [1.165, 1.54) is 23.0 Å². The lowest BCUT2D eigenvalue weighted by atomic mass is 10.1. The van der Waals surface area contributed by atoms with Crippen molar-refractivity contribution in [1.29, 1.82) is 0 Å². The zero-order valence-corrected chi connectivity index (χ0v) is 15.0. The van der Waals surface area contributed by atoms with Crippen LogP contribution in [0.1, 0.15) is 22.8 Å². The summed E-state index contributed by atoms with van der Waals surface area (Å²) in [6.45, 7) is 4.09. The molecule has 1 fully saturated rings. The number of ether oxygens (including phenoxy) is 1. The molecule has 2 amide bonds. The number of carbonyl (C=O) groups is 2. The maximum absolute atomic E-state index is 14.2. The number of nitrogens with zero attached hydrogens (tertiary/aromatic N) is 2. The number of piperazine rings is 1. The zero-order valence-electron chi connectivity index (χ0n) is 15.0. The largest absolute Gasteiger partial charge is 0.497 e. The Morgan fingerprint density at radius 1 is 1.19 bits per heavy atom. The highest BCUT2D eigenvalue weighted by Crippen LogP contribution is 2.26. The van der Waals surface area contributed by atoms with Gasteiger partial charge in [0.05, 0.1) is 12.8 Å². The highest BCUT2D eigenvalue weighted by Gasteiger charge is 2.36.